The minimum absolute atomic E-state index is 0.210. The Balaban J connectivity index is 1.40. The predicted octanol–water partition coefficient (Wildman–Crippen LogP) is 6.54. The van der Waals surface area contributed by atoms with Crippen LogP contribution in [0.4, 0.5) is 0 Å². The van der Waals surface area contributed by atoms with Crippen LogP contribution >= 0.6 is 0 Å². The number of ether oxygens (including phenoxy) is 2. The number of carbonyl (C=O) groups is 1. The van der Waals surface area contributed by atoms with Gasteiger partial charge in [-0.25, -0.2) is 9.90 Å². The van der Waals surface area contributed by atoms with Gasteiger partial charge >= 0.3 is 0 Å². The van der Waals surface area contributed by atoms with Gasteiger partial charge in [-0.1, -0.05) is 84.9 Å². The number of fused-ring (bicyclic) bond motifs is 2. The minimum atomic E-state index is -0.785. The second kappa shape index (κ2) is 9.82. The fourth-order valence-corrected chi connectivity index (χ4v) is 4.66. The van der Waals surface area contributed by atoms with Crippen molar-refractivity contribution in [3.05, 3.63) is 126 Å². The molecule has 5 nitrogen and oxygen atoms in total. The van der Waals surface area contributed by atoms with Crippen molar-refractivity contribution in [1.82, 2.24) is 5.06 Å². The van der Waals surface area contributed by atoms with Gasteiger partial charge in [0.05, 0.1) is 6.54 Å². The number of hydroxylamine groups is 2. The molecule has 5 aromatic rings. The maximum Gasteiger partial charge on any atom is 0.277 e. The lowest BCUT2D eigenvalue weighted by Crippen LogP contribution is -2.47. The molecule has 0 bridgehead atoms. The van der Waals surface area contributed by atoms with Crippen LogP contribution in [0, 0.1) is 0 Å². The molecule has 0 saturated carbocycles. The van der Waals surface area contributed by atoms with Gasteiger partial charge in [0, 0.05) is 11.1 Å². The molecule has 5 aromatic carbocycles. The number of nitrogens with zero attached hydrogens (tertiary/aromatic N) is 1. The van der Waals surface area contributed by atoms with E-state index in [1.807, 2.05) is 72.8 Å². The molecule has 178 valence electrons. The van der Waals surface area contributed by atoms with Crippen LogP contribution in [-0.4, -0.2) is 30.2 Å². The molecule has 1 amide bonds. The van der Waals surface area contributed by atoms with E-state index < -0.39 is 12.4 Å². The van der Waals surface area contributed by atoms with Crippen molar-refractivity contribution < 1.29 is 19.1 Å². The van der Waals surface area contributed by atoms with E-state index in [0.29, 0.717) is 5.56 Å². The van der Waals surface area contributed by atoms with E-state index in [9.17, 15) is 4.79 Å². The van der Waals surface area contributed by atoms with Crippen LogP contribution in [0.5, 0.6) is 5.75 Å². The highest BCUT2D eigenvalue weighted by Gasteiger charge is 2.35. The molecule has 0 radical (unpaired) electrons. The van der Waals surface area contributed by atoms with Gasteiger partial charge in [0.1, 0.15) is 18.5 Å². The molecule has 1 fully saturated rings. The van der Waals surface area contributed by atoms with Crippen molar-refractivity contribution in [3.8, 4) is 5.75 Å². The molecule has 2 atom stereocenters. The van der Waals surface area contributed by atoms with Gasteiger partial charge in [-0.2, -0.15) is 0 Å². The van der Waals surface area contributed by atoms with E-state index in [1.54, 1.807) is 12.1 Å². The summed E-state index contributed by atoms with van der Waals surface area (Å²) in [6.07, 6.45) is -1.18. The first-order valence-corrected chi connectivity index (χ1v) is 12.0. The van der Waals surface area contributed by atoms with Crippen molar-refractivity contribution in [2.45, 2.75) is 12.4 Å². The molecular weight excluding hydrogens is 450 g/mol. The Hall–Kier alpha value is -4.19. The number of para-hydroxylation sites is 1. The first-order chi connectivity index (χ1) is 17.8. The number of hydrogen-bond donors (Lipinski definition) is 0. The SMILES string of the molecule is O=C(c1ccccc1)N1CC(COc2ccccc2)OC(c2c3ccccc3cc3ccccc23)O1. The molecule has 2 unspecified atom stereocenters. The quantitative estimate of drug-likeness (QED) is 0.271. The topological polar surface area (TPSA) is 48.0 Å². The van der Waals surface area contributed by atoms with E-state index in [1.165, 1.54) is 5.06 Å². The molecule has 0 N–H and O–H groups in total. The van der Waals surface area contributed by atoms with Crippen molar-refractivity contribution >= 4 is 27.5 Å². The summed E-state index contributed by atoms with van der Waals surface area (Å²) >= 11 is 0. The summed E-state index contributed by atoms with van der Waals surface area (Å²) in [4.78, 5) is 19.7. The van der Waals surface area contributed by atoms with Crippen LogP contribution in [-0.2, 0) is 9.57 Å². The Morgan fingerprint density at radius 3 is 2.03 bits per heavy atom. The normalized spacial score (nSPS) is 17.8. The molecular formula is C31H25NO4. The van der Waals surface area contributed by atoms with Gasteiger partial charge in [0.15, 0.2) is 0 Å². The maximum atomic E-state index is 13.4. The zero-order chi connectivity index (χ0) is 24.3. The fourth-order valence-electron chi connectivity index (χ4n) is 4.66. The summed E-state index contributed by atoms with van der Waals surface area (Å²) in [5.41, 5.74) is 1.46. The molecule has 1 aliphatic rings. The number of carbonyl (C=O) groups excluding carboxylic acids is 1. The highest BCUT2D eigenvalue weighted by Crippen LogP contribution is 2.38. The van der Waals surface area contributed by atoms with Crippen molar-refractivity contribution in [1.29, 1.82) is 0 Å². The largest absolute Gasteiger partial charge is 0.491 e. The third kappa shape index (κ3) is 4.42. The average Bonchev–Trinajstić information content (AvgIpc) is 2.95. The Morgan fingerprint density at radius 1 is 0.778 bits per heavy atom. The minimum Gasteiger partial charge on any atom is -0.491 e. The summed E-state index contributed by atoms with van der Waals surface area (Å²) in [5, 5.41) is 5.64. The molecule has 1 aliphatic heterocycles. The zero-order valence-corrected chi connectivity index (χ0v) is 19.6. The van der Waals surface area contributed by atoms with Crippen LogP contribution < -0.4 is 4.74 Å². The number of benzene rings is 5. The Bertz CT molecular complexity index is 1450. The van der Waals surface area contributed by atoms with E-state index >= 15 is 0 Å². The van der Waals surface area contributed by atoms with Crippen molar-refractivity contribution in [3.63, 3.8) is 0 Å². The lowest BCUT2D eigenvalue weighted by molar-refractivity contribution is -0.324. The van der Waals surface area contributed by atoms with Crippen molar-refractivity contribution in [2.24, 2.45) is 0 Å². The average molecular weight is 476 g/mol. The highest BCUT2D eigenvalue weighted by atomic mass is 16.8. The number of hydrogen-bond acceptors (Lipinski definition) is 4. The Kier molecular flexibility index (Phi) is 6.08. The predicted molar refractivity (Wildman–Crippen MR) is 140 cm³/mol. The van der Waals surface area contributed by atoms with E-state index in [0.717, 1.165) is 32.9 Å². The Morgan fingerprint density at radius 2 is 1.36 bits per heavy atom. The van der Waals surface area contributed by atoms with Gasteiger partial charge in [-0.05, 0) is 51.9 Å². The fraction of sp³-hybridized carbons (Fsp3) is 0.129. The molecule has 0 aromatic heterocycles. The van der Waals surface area contributed by atoms with E-state index in [4.69, 9.17) is 14.3 Å². The molecule has 0 spiro atoms. The number of amides is 1. The second-order valence-corrected chi connectivity index (χ2v) is 8.78. The Labute approximate surface area is 209 Å². The first-order valence-electron chi connectivity index (χ1n) is 12.0. The molecule has 5 heteroatoms. The summed E-state index contributed by atoms with van der Waals surface area (Å²) in [6.45, 7) is 0.533. The van der Waals surface area contributed by atoms with Gasteiger partial charge in [0.25, 0.3) is 5.91 Å². The lowest BCUT2D eigenvalue weighted by Gasteiger charge is -2.38. The maximum absolute atomic E-state index is 13.4. The standard InChI is InChI=1S/C31H25NO4/c33-30(22-11-3-1-4-12-22)32-20-26(21-34-25-15-5-2-6-16-25)35-31(36-32)29-27-17-9-7-13-23(27)19-24-14-8-10-18-28(24)29/h1-19,26,31H,20-21H2. The summed E-state index contributed by atoms with van der Waals surface area (Å²) < 4.78 is 12.5. The van der Waals surface area contributed by atoms with E-state index in [2.05, 4.69) is 30.3 Å². The third-order valence-electron chi connectivity index (χ3n) is 6.38. The highest BCUT2D eigenvalue weighted by molar-refractivity contribution is 6.02. The lowest BCUT2D eigenvalue weighted by atomic mass is 9.96. The van der Waals surface area contributed by atoms with E-state index in [-0.39, 0.29) is 19.1 Å². The molecule has 1 heterocycles. The zero-order valence-electron chi connectivity index (χ0n) is 19.6. The van der Waals surface area contributed by atoms with Crippen LogP contribution in [0.2, 0.25) is 0 Å². The third-order valence-corrected chi connectivity index (χ3v) is 6.38. The summed E-state index contributed by atoms with van der Waals surface area (Å²) in [6, 6.07) is 37.3. The van der Waals surface area contributed by atoms with Gasteiger partial charge < -0.3 is 9.47 Å². The molecule has 1 saturated heterocycles. The van der Waals surface area contributed by atoms with Crippen LogP contribution in [0.15, 0.2) is 115 Å². The second-order valence-electron chi connectivity index (χ2n) is 8.78. The first kappa shape index (κ1) is 22.3. The van der Waals surface area contributed by atoms with Crippen molar-refractivity contribution in [2.75, 3.05) is 13.2 Å². The molecule has 6 rings (SSSR count). The van der Waals surface area contributed by atoms with Gasteiger partial charge in [0.2, 0.25) is 6.29 Å². The van der Waals surface area contributed by atoms with Crippen LogP contribution in [0.25, 0.3) is 21.5 Å². The monoisotopic (exact) mass is 475 g/mol. The van der Waals surface area contributed by atoms with Gasteiger partial charge in [-0.3, -0.25) is 4.79 Å². The summed E-state index contributed by atoms with van der Waals surface area (Å²) in [5.74, 6) is 0.541. The van der Waals surface area contributed by atoms with Crippen LogP contribution in [0.1, 0.15) is 22.2 Å². The van der Waals surface area contributed by atoms with Crippen LogP contribution in [0.3, 0.4) is 0 Å². The molecule has 36 heavy (non-hydrogen) atoms. The smallest absolute Gasteiger partial charge is 0.277 e. The number of rotatable bonds is 5. The summed E-state index contributed by atoms with van der Waals surface area (Å²) in [7, 11) is 0. The van der Waals surface area contributed by atoms with Gasteiger partial charge in [-0.15, -0.1) is 0 Å². The molecule has 0 aliphatic carbocycles.